The Morgan fingerprint density at radius 1 is 1.32 bits per heavy atom. The van der Waals surface area contributed by atoms with Gasteiger partial charge in [0.05, 0.1) is 6.61 Å². The zero-order valence-corrected chi connectivity index (χ0v) is 12.4. The van der Waals surface area contributed by atoms with Crippen LogP contribution in [0.15, 0.2) is 24.3 Å². The Kier molecular flexibility index (Phi) is 4.48. The standard InChI is InChI=1S/C16H26N2O/c1-4-19-14-7-5-13(6-8-14)15(11-17)18-10-9-16(2,3)12-18/h5-8,15H,4,9-12,17H2,1-3H3. The average molecular weight is 262 g/mol. The molecule has 106 valence electrons. The Labute approximate surface area is 116 Å². The number of benzene rings is 1. The lowest BCUT2D eigenvalue weighted by Gasteiger charge is -2.28. The van der Waals surface area contributed by atoms with Crippen LogP contribution in [-0.4, -0.2) is 31.1 Å². The van der Waals surface area contributed by atoms with E-state index in [9.17, 15) is 0 Å². The Morgan fingerprint density at radius 2 is 2.00 bits per heavy atom. The van der Waals surface area contributed by atoms with Gasteiger partial charge in [-0.15, -0.1) is 0 Å². The summed E-state index contributed by atoms with van der Waals surface area (Å²) >= 11 is 0. The first kappa shape index (κ1) is 14.4. The molecular formula is C16H26N2O. The Bertz CT molecular complexity index is 400. The molecule has 0 aromatic heterocycles. The van der Waals surface area contributed by atoms with Gasteiger partial charge in [0.2, 0.25) is 0 Å². The maximum atomic E-state index is 6.00. The fraction of sp³-hybridized carbons (Fsp3) is 0.625. The fourth-order valence-corrected chi connectivity index (χ4v) is 2.87. The van der Waals surface area contributed by atoms with Crippen LogP contribution in [0.3, 0.4) is 0 Å². The van der Waals surface area contributed by atoms with Crippen molar-refractivity contribution < 1.29 is 4.74 Å². The Balaban J connectivity index is 2.09. The third kappa shape index (κ3) is 3.48. The summed E-state index contributed by atoms with van der Waals surface area (Å²) in [7, 11) is 0. The molecule has 0 saturated carbocycles. The minimum Gasteiger partial charge on any atom is -0.494 e. The van der Waals surface area contributed by atoms with Crippen molar-refractivity contribution in [2.45, 2.75) is 33.2 Å². The van der Waals surface area contributed by atoms with Crippen LogP contribution in [0.1, 0.15) is 38.8 Å². The first-order chi connectivity index (χ1) is 9.05. The van der Waals surface area contributed by atoms with Crippen molar-refractivity contribution in [1.29, 1.82) is 0 Å². The minimum atomic E-state index is 0.331. The second-order valence-electron chi connectivity index (χ2n) is 6.14. The molecule has 1 fully saturated rings. The Hall–Kier alpha value is -1.06. The van der Waals surface area contributed by atoms with E-state index in [1.165, 1.54) is 12.0 Å². The highest BCUT2D eigenvalue weighted by molar-refractivity contribution is 5.29. The molecule has 0 aliphatic carbocycles. The van der Waals surface area contributed by atoms with Crippen LogP contribution in [0.2, 0.25) is 0 Å². The van der Waals surface area contributed by atoms with Crippen molar-refractivity contribution in [1.82, 2.24) is 4.90 Å². The summed E-state index contributed by atoms with van der Waals surface area (Å²) in [6.45, 7) is 10.3. The summed E-state index contributed by atoms with van der Waals surface area (Å²) in [5, 5.41) is 0. The molecule has 1 atom stereocenters. The van der Waals surface area contributed by atoms with Gasteiger partial charge in [0.15, 0.2) is 0 Å². The molecule has 0 amide bonds. The van der Waals surface area contributed by atoms with Crippen LogP contribution in [-0.2, 0) is 0 Å². The van der Waals surface area contributed by atoms with Crippen LogP contribution in [0.25, 0.3) is 0 Å². The molecule has 19 heavy (non-hydrogen) atoms. The average Bonchev–Trinajstić information content (AvgIpc) is 2.73. The molecule has 1 aliphatic heterocycles. The lowest BCUT2D eigenvalue weighted by atomic mass is 9.93. The lowest BCUT2D eigenvalue weighted by Crippen LogP contribution is -2.33. The van der Waals surface area contributed by atoms with E-state index in [1.807, 2.05) is 19.1 Å². The van der Waals surface area contributed by atoms with Gasteiger partial charge in [0, 0.05) is 19.1 Å². The van der Waals surface area contributed by atoms with E-state index in [1.54, 1.807) is 0 Å². The molecule has 1 heterocycles. The largest absolute Gasteiger partial charge is 0.494 e. The second-order valence-corrected chi connectivity index (χ2v) is 6.14. The predicted molar refractivity (Wildman–Crippen MR) is 79.4 cm³/mol. The smallest absolute Gasteiger partial charge is 0.119 e. The van der Waals surface area contributed by atoms with E-state index >= 15 is 0 Å². The van der Waals surface area contributed by atoms with Gasteiger partial charge in [-0.25, -0.2) is 0 Å². The quantitative estimate of drug-likeness (QED) is 0.887. The maximum Gasteiger partial charge on any atom is 0.119 e. The van der Waals surface area contributed by atoms with Crippen molar-refractivity contribution in [2.75, 3.05) is 26.2 Å². The molecule has 1 aromatic rings. The highest BCUT2D eigenvalue weighted by atomic mass is 16.5. The summed E-state index contributed by atoms with van der Waals surface area (Å²) in [6.07, 6.45) is 1.25. The molecule has 1 aliphatic rings. The summed E-state index contributed by atoms with van der Waals surface area (Å²) in [4.78, 5) is 2.51. The molecule has 1 unspecified atom stereocenters. The monoisotopic (exact) mass is 262 g/mol. The summed E-state index contributed by atoms with van der Waals surface area (Å²) in [6, 6.07) is 8.71. The maximum absolute atomic E-state index is 6.00. The molecule has 3 heteroatoms. The van der Waals surface area contributed by atoms with Gasteiger partial charge >= 0.3 is 0 Å². The van der Waals surface area contributed by atoms with E-state index in [4.69, 9.17) is 10.5 Å². The van der Waals surface area contributed by atoms with E-state index in [0.29, 0.717) is 24.6 Å². The van der Waals surface area contributed by atoms with Crippen molar-refractivity contribution in [3.05, 3.63) is 29.8 Å². The summed E-state index contributed by atoms with van der Waals surface area (Å²) < 4.78 is 5.49. The van der Waals surface area contributed by atoms with Gasteiger partial charge in [0.1, 0.15) is 5.75 Å². The van der Waals surface area contributed by atoms with Gasteiger partial charge in [-0.2, -0.15) is 0 Å². The van der Waals surface area contributed by atoms with Crippen LogP contribution in [0, 0.1) is 5.41 Å². The summed E-state index contributed by atoms with van der Waals surface area (Å²) in [5.74, 6) is 0.934. The molecular weight excluding hydrogens is 236 g/mol. The van der Waals surface area contributed by atoms with Crippen LogP contribution in [0.4, 0.5) is 0 Å². The van der Waals surface area contributed by atoms with Gasteiger partial charge in [-0.05, 0) is 43.0 Å². The van der Waals surface area contributed by atoms with Crippen molar-refractivity contribution >= 4 is 0 Å². The second kappa shape index (κ2) is 5.93. The van der Waals surface area contributed by atoms with Crippen molar-refractivity contribution in [3.63, 3.8) is 0 Å². The normalized spacial score (nSPS) is 20.4. The summed E-state index contributed by atoms with van der Waals surface area (Å²) in [5.41, 5.74) is 7.71. The number of ether oxygens (including phenoxy) is 1. The Morgan fingerprint density at radius 3 is 2.47 bits per heavy atom. The number of nitrogens with zero attached hydrogens (tertiary/aromatic N) is 1. The topological polar surface area (TPSA) is 38.5 Å². The highest BCUT2D eigenvalue weighted by Crippen LogP contribution is 2.34. The first-order valence-electron chi connectivity index (χ1n) is 7.22. The zero-order chi connectivity index (χ0) is 13.9. The van der Waals surface area contributed by atoms with Gasteiger partial charge < -0.3 is 10.5 Å². The molecule has 1 aromatic carbocycles. The van der Waals surface area contributed by atoms with Crippen molar-refractivity contribution in [3.8, 4) is 5.75 Å². The third-order valence-electron chi connectivity index (χ3n) is 3.95. The van der Waals surface area contributed by atoms with E-state index in [0.717, 1.165) is 18.8 Å². The molecule has 0 bridgehead atoms. The number of hydrogen-bond acceptors (Lipinski definition) is 3. The van der Waals surface area contributed by atoms with Gasteiger partial charge in [0.25, 0.3) is 0 Å². The highest BCUT2D eigenvalue weighted by Gasteiger charge is 2.33. The van der Waals surface area contributed by atoms with E-state index in [2.05, 4.69) is 30.9 Å². The number of rotatable bonds is 5. The number of likely N-dealkylation sites (tertiary alicyclic amines) is 1. The molecule has 2 N–H and O–H groups in total. The molecule has 3 nitrogen and oxygen atoms in total. The predicted octanol–water partition coefficient (Wildman–Crippen LogP) is 2.82. The first-order valence-corrected chi connectivity index (χ1v) is 7.22. The van der Waals surface area contributed by atoms with E-state index < -0.39 is 0 Å². The minimum absolute atomic E-state index is 0.331. The lowest BCUT2D eigenvalue weighted by molar-refractivity contribution is 0.223. The molecule has 0 spiro atoms. The van der Waals surface area contributed by atoms with Gasteiger partial charge in [-0.3, -0.25) is 4.90 Å². The molecule has 1 saturated heterocycles. The third-order valence-corrected chi connectivity index (χ3v) is 3.95. The number of hydrogen-bond donors (Lipinski definition) is 1. The fourth-order valence-electron chi connectivity index (χ4n) is 2.87. The SMILES string of the molecule is CCOc1ccc(C(CN)N2CCC(C)(C)C2)cc1. The van der Waals surface area contributed by atoms with Crippen molar-refractivity contribution in [2.24, 2.45) is 11.1 Å². The zero-order valence-electron chi connectivity index (χ0n) is 12.4. The van der Waals surface area contributed by atoms with E-state index in [-0.39, 0.29) is 0 Å². The molecule has 2 rings (SSSR count). The molecule has 0 radical (unpaired) electrons. The van der Waals surface area contributed by atoms with Crippen LogP contribution >= 0.6 is 0 Å². The number of nitrogens with two attached hydrogens (primary N) is 1. The van der Waals surface area contributed by atoms with Crippen LogP contribution in [0.5, 0.6) is 5.75 Å². The van der Waals surface area contributed by atoms with Crippen LogP contribution < -0.4 is 10.5 Å². The van der Waals surface area contributed by atoms with Gasteiger partial charge in [-0.1, -0.05) is 26.0 Å².